The van der Waals surface area contributed by atoms with E-state index < -0.39 is 5.91 Å². The monoisotopic (exact) mass is 404 g/mol. The summed E-state index contributed by atoms with van der Waals surface area (Å²) in [4.78, 5) is 16.8. The molecule has 30 heavy (non-hydrogen) atoms. The Morgan fingerprint density at radius 2 is 1.80 bits per heavy atom. The molecule has 0 bridgehead atoms. The number of primary amides is 1. The van der Waals surface area contributed by atoms with Gasteiger partial charge in [0.1, 0.15) is 5.52 Å². The number of aromatic nitrogens is 2. The van der Waals surface area contributed by atoms with Crippen LogP contribution in [0.3, 0.4) is 0 Å². The van der Waals surface area contributed by atoms with E-state index in [2.05, 4.69) is 44.5 Å². The number of nitrogens with zero attached hydrogens (tertiary/aromatic N) is 4. The zero-order valence-corrected chi connectivity index (χ0v) is 17.1. The molecule has 1 aromatic heterocycles. The van der Waals surface area contributed by atoms with E-state index in [9.17, 15) is 4.79 Å². The summed E-state index contributed by atoms with van der Waals surface area (Å²) in [5, 5.41) is 8.97. The van der Waals surface area contributed by atoms with Crippen LogP contribution in [0, 0.1) is 0 Å². The topological polar surface area (TPSA) is 79.4 Å². The van der Waals surface area contributed by atoms with Crippen LogP contribution in [-0.2, 0) is 0 Å². The Morgan fingerprint density at radius 1 is 1.03 bits per heavy atom. The van der Waals surface area contributed by atoms with Crippen molar-refractivity contribution in [1.82, 2.24) is 20.0 Å². The number of nitrogens with two attached hydrogens (primary N) is 1. The van der Waals surface area contributed by atoms with E-state index in [-0.39, 0.29) is 0 Å². The number of anilines is 1. The Morgan fingerprint density at radius 3 is 2.57 bits per heavy atom. The number of hydrogen-bond donors (Lipinski definition) is 2. The fourth-order valence-corrected chi connectivity index (χ4v) is 4.73. The fourth-order valence-electron chi connectivity index (χ4n) is 4.73. The lowest BCUT2D eigenvalue weighted by Crippen LogP contribution is -2.54. The number of amides is 1. The molecule has 2 saturated heterocycles. The number of piperazine rings is 1. The van der Waals surface area contributed by atoms with Crippen molar-refractivity contribution in [2.75, 3.05) is 44.2 Å². The van der Waals surface area contributed by atoms with Crippen molar-refractivity contribution in [2.24, 2.45) is 5.73 Å². The van der Waals surface area contributed by atoms with Gasteiger partial charge in [0.05, 0.1) is 11.3 Å². The fraction of sp³-hybridized carbons (Fsp3) is 0.391. The summed E-state index contributed by atoms with van der Waals surface area (Å²) in [5.41, 5.74) is 8.82. The first-order valence-corrected chi connectivity index (χ1v) is 10.8. The van der Waals surface area contributed by atoms with Gasteiger partial charge in [-0.05, 0) is 43.2 Å². The van der Waals surface area contributed by atoms with Gasteiger partial charge in [0, 0.05) is 62.6 Å². The maximum absolute atomic E-state index is 11.7. The van der Waals surface area contributed by atoms with E-state index in [4.69, 9.17) is 5.73 Å². The first-order valence-electron chi connectivity index (χ1n) is 10.8. The Bertz CT molecular complexity index is 1040. The van der Waals surface area contributed by atoms with Crippen molar-refractivity contribution in [3.05, 3.63) is 54.2 Å². The summed E-state index contributed by atoms with van der Waals surface area (Å²) in [6, 6.07) is 14.7. The normalized spacial score (nSPS) is 20.5. The second-order valence-corrected chi connectivity index (χ2v) is 8.23. The number of carbonyl (C=O) groups excluding carboxylic acids is 1. The number of fused-ring (bicyclic) bond motifs is 1. The number of nitrogens with one attached hydrogen (secondary N) is 1. The second-order valence-electron chi connectivity index (χ2n) is 8.23. The molecule has 3 heterocycles. The first kappa shape index (κ1) is 19.1. The van der Waals surface area contributed by atoms with Crippen LogP contribution in [0.5, 0.6) is 0 Å². The minimum Gasteiger partial charge on any atom is -0.370 e. The van der Waals surface area contributed by atoms with Crippen LogP contribution >= 0.6 is 0 Å². The molecule has 156 valence electrons. The molecule has 2 aliphatic rings. The third-order valence-electron chi connectivity index (χ3n) is 6.35. The third kappa shape index (κ3) is 3.66. The lowest BCUT2D eigenvalue weighted by atomic mass is 10.0. The standard InChI is InChI=1S/C23H28N6O/c24-23(30)21-5-1-3-17-15-29(26-22(17)21)19-8-6-18(7-9-19)28-12-2-4-20(16-28)27-13-10-25-11-14-27/h1,3,5-9,15,20,25H,2,4,10-14,16H2,(H2,24,30). The van der Waals surface area contributed by atoms with Crippen molar-refractivity contribution in [3.63, 3.8) is 0 Å². The maximum atomic E-state index is 11.7. The van der Waals surface area contributed by atoms with Crippen molar-refractivity contribution < 1.29 is 4.79 Å². The van der Waals surface area contributed by atoms with E-state index in [0.29, 0.717) is 17.1 Å². The van der Waals surface area contributed by atoms with Gasteiger partial charge >= 0.3 is 0 Å². The molecule has 3 N–H and O–H groups in total. The summed E-state index contributed by atoms with van der Waals surface area (Å²) in [6.07, 6.45) is 4.46. The van der Waals surface area contributed by atoms with Crippen LogP contribution in [0.2, 0.25) is 0 Å². The van der Waals surface area contributed by atoms with E-state index in [1.165, 1.54) is 18.5 Å². The molecule has 2 fully saturated rings. The van der Waals surface area contributed by atoms with Crippen LogP contribution in [0.25, 0.3) is 16.6 Å². The molecule has 2 aromatic carbocycles. The van der Waals surface area contributed by atoms with Gasteiger partial charge in [0.15, 0.2) is 0 Å². The number of piperidine rings is 1. The molecule has 1 unspecified atom stereocenters. The number of rotatable bonds is 4. The van der Waals surface area contributed by atoms with Crippen LogP contribution in [-0.4, -0.2) is 65.9 Å². The Balaban J connectivity index is 1.35. The quantitative estimate of drug-likeness (QED) is 0.695. The van der Waals surface area contributed by atoms with Gasteiger partial charge in [-0.1, -0.05) is 12.1 Å². The number of carbonyl (C=O) groups is 1. The summed E-state index contributed by atoms with van der Waals surface area (Å²) < 4.78 is 1.82. The molecule has 0 radical (unpaired) electrons. The lowest BCUT2D eigenvalue weighted by Gasteiger charge is -2.42. The summed E-state index contributed by atoms with van der Waals surface area (Å²) in [7, 11) is 0. The Hall–Kier alpha value is -2.90. The number of benzene rings is 2. The molecular formula is C23H28N6O. The van der Waals surface area contributed by atoms with Crippen molar-refractivity contribution in [2.45, 2.75) is 18.9 Å². The van der Waals surface area contributed by atoms with Gasteiger partial charge in [-0.15, -0.1) is 0 Å². The van der Waals surface area contributed by atoms with Crippen LogP contribution < -0.4 is 16.0 Å². The van der Waals surface area contributed by atoms with Gasteiger partial charge in [-0.25, -0.2) is 4.68 Å². The van der Waals surface area contributed by atoms with Gasteiger partial charge in [0.2, 0.25) is 0 Å². The molecule has 0 saturated carbocycles. The highest BCUT2D eigenvalue weighted by Crippen LogP contribution is 2.25. The predicted octanol–water partition coefficient (Wildman–Crippen LogP) is 2.00. The Kier molecular flexibility index (Phi) is 5.14. The molecule has 7 nitrogen and oxygen atoms in total. The van der Waals surface area contributed by atoms with Crippen LogP contribution in [0.4, 0.5) is 5.69 Å². The first-order chi connectivity index (χ1) is 14.7. The summed E-state index contributed by atoms with van der Waals surface area (Å²) >= 11 is 0. The van der Waals surface area contributed by atoms with Crippen molar-refractivity contribution >= 4 is 22.5 Å². The minimum absolute atomic E-state index is 0.453. The number of hydrogen-bond acceptors (Lipinski definition) is 5. The lowest BCUT2D eigenvalue weighted by molar-refractivity contribution is 0.100. The third-order valence-corrected chi connectivity index (χ3v) is 6.35. The highest BCUT2D eigenvalue weighted by molar-refractivity contribution is 6.04. The van der Waals surface area contributed by atoms with E-state index >= 15 is 0 Å². The molecular weight excluding hydrogens is 376 g/mol. The molecule has 5 rings (SSSR count). The molecule has 3 aromatic rings. The van der Waals surface area contributed by atoms with E-state index in [1.807, 2.05) is 23.0 Å². The van der Waals surface area contributed by atoms with Crippen molar-refractivity contribution in [1.29, 1.82) is 0 Å². The molecule has 7 heteroatoms. The zero-order chi connectivity index (χ0) is 20.5. The smallest absolute Gasteiger partial charge is 0.250 e. The minimum atomic E-state index is -0.453. The van der Waals surface area contributed by atoms with E-state index in [1.54, 1.807) is 6.07 Å². The average Bonchev–Trinajstić information content (AvgIpc) is 3.24. The highest BCUT2D eigenvalue weighted by Gasteiger charge is 2.26. The maximum Gasteiger partial charge on any atom is 0.250 e. The highest BCUT2D eigenvalue weighted by atomic mass is 16.1. The molecule has 1 atom stereocenters. The molecule has 0 spiro atoms. The van der Waals surface area contributed by atoms with Crippen LogP contribution in [0.15, 0.2) is 48.7 Å². The van der Waals surface area contributed by atoms with Crippen molar-refractivity contribution in [3.8, 4) is 5.69 Å². The van der Waals surface area contributed by atoms with Crippen LogP contribution in [0.1, 0.15) is 23.2 Å². The average molecular weight is 405 g/mol. The molecule has 2 aliphatic heterocycles. The summed E-state index contributed by atoms with van der Waals surface area (Å²) in [5.74, 6) is -0.453. The van der Waals surface area contributed by atoms with Gasteiger partial charge in [-0.3, -0.25) is 9.69 Å². The SMILES string of the molecule is NC(=O)c1cccc2cn(-c3ccc(N4CCCC(N5CCNCC5)C4)cc3)nc12. The van der Waals surface area contributed by atoms with Gasteiger partial charge in [0.25, 0.3) is 5.91 Å². The van der Waals surface area contributed by atoms with E-state index in [0.717, 1.165) is 50.3 Å². The zero-order valence-electron chi connectivity index (χ0n) is 17.1. The largest absolute Gasteiger partial charge is 0.370 e. The molecule has 1 amide bonds. The molecule has 0 aliphatic carbocycles. The van der Waals surface area contributed by atoms with Gasteiger partial charge in [-0.2, -0.15) is 5.10 Å². The second kappa shape index (κ2) is 8.08. The summed E-state index contributed by atoms with van der Waals surface area (Å²) in [6.45, 7) is 6.69. The Labute approximate surface area is 176 Å². The predicted molar refractivity (Wildman–Crippen MR) is 119 cm³/mol. The van der Waals surface area contributed by atoms with Gasteiger partial charge < -0.3 is 16.0 Å².